The Balaban J connectivity index is 1.38. The Morgan fingerprint density at radius 2 is 1.67 bits per heavy atom. The van der Waals surface area contributed by atoms with Crippen LogP contribution < -0.4 is 10.6 Å². The lowest BCUT2D eigenvalue weighted by Gasteiger charge is -2.09. The van der Waals surface area contributed by atoms with Gasteiger partial charge < -0.3 is 15.1 Å². The van der Waals surface area contributed by atoms with Crippen molar-refractivity contribution in [3.05, 3.63) is 83.7 Å². The number of nitrogens with one attached hydrogen (secondary N) is 2. The van der Waals surface area contributed by atoms with Gasteiger partial charge in [-0.15, -0.1) is 11.3 Å². The average molecular weight is 418 g/mol. The number of rotatable bonds is 7. The standard InChI is InChI=1S/C23H23N5OS/c1-2-24-23(25-13-19-15-29-21(27-19)17-9-5-3-6-10-17)26-14-20-16-30-22(28-20)18-11-7-4-8-12-18/h3-12,15-16H,2,13-14H2,1H3,(H2,24,25,26). The first-order chi connectivity index (χ1) is 14.8. The van der Waals surface area contributed by atoms with E-state index < -0.39 is 0 Å². The van der Waals surface area contributed by atoms with Crippen molar-refractivity contribution in [2.75, 3.05) is 6.54 Å². The lowest BCUT2D eigenvalue weighted by molar-refractivity contribution is 0.572. The number of aliphatic imine (C=N–C) groups is 1. The third kappa shape index (κ3) is 5.12. The molecule has 152 valence electrons. The molecule has 6 nitrogen and oxygen atoms in total. The van der Waals surface area contributed by atoms with Crippen LogP contribution in [0, 0.1) is 0 Å². The molecule has 2 aromatic carbocycles. The van der Waals surface area contributed by atoms with Gasteiger partial charge in [-0.3, -0.25) is 0 Å². The van der Waals surface area contributed by atoms with Crippen LogP contribution in [0.1, 0.15) is 18.3 Å². The highest BCUT2D eigenvalue weighted by Crippen LogP contribution is 2.23. The molecule has 4 aromatic rings. The minimum absolute atomic E-state index is 0.507. The molecule has 0 spiro atoms. The Labute approximate surface area is 179 Å². The Morgan fingerprint density at radius 1 is 0.933 bits per heavy atom. The Hall–Kier alpha value is -3.45. The van der Waals surface area contributed by atoms with Crippen LogP contribution in [0.2, 0.25) is 0 Å². The molecule has 2 aromatic heterocycles. The lowest BCUT2D eigenvalue weighted by Crippen LogP contribution is -2.36. The van der Waals surface area contributed by atoms with Crippen LogP contribution in [0.25, 0.3) is 22.0 Å². The van der Waals surface area contributed by atoms with Gasteiger partial charge in [0.15, 0.2) is 5.96 Å². The summed E-state index contributed by atoms with van der Waals surface area (Å²) in [6.45, 7) is 3.84. The molecule has 0 bridgehead atoms. The van der Waals surface area contributed by atoms with E-state index >= 15 is 0 Å². The van der Waals surface area contributed by atoms with Crippen molar-refractivity contribution in [3.63, 3.8) is 0 Å². The number of oxazole rings is 1. The molecular formula is C23H23N5OS. The van der Waals surface area contributed by atoms with E-state index in [4.69, 9.17) is 9.40 Å². The molecule has 7 heteroatoms. The number of hydrogen-bond donors (Lipinski definition) is 2. The van der Waals surface area contributed by atoms with Gasteiger partial charge in [0.1, 0.15) is 11.3 Å². The van der Waals surface area contributed by atoms with Gasteiger partial charge in [0, 0.05) is 23.1 Å². The Bertz CT molecular complexity index is 1090. The molecule has 0 atom stereocenters. The van der Waals surface area contributed by atoms with E-state index in [1.165, 1.54) is 0 Å². The molecule has 0 saturated carbocycles. The van der Waals surface area contributed by atoms with Crippen molar-refractivity contribution >= 4 is 17.3 Å². The Morgan fingerprint density at radius 3 is 2.40 bits per heavy atom. The van der Waals surface area contributed by atoms with Crippen LogP contribution in [0.15, 0.2) is 81.7 Å². The fourth-order valence-electron chi connectivity index (χ4n) is 2.87. The Kier molecular flexibility index (Phi) is 6.51. The monoisotopic (exact) mass is 417 g/mol. The van der Waals surface area contributed by atoms with Crippen LogP contribution in [0.5, 0.6) is 0 Å². The van der Waals surface area contributed by atoms with Gasteiger partial charge in [0.05, 0.1) is 24.5 Å². The van der Waals surface area contributed by atoms with Crippen molar-refractivity contribution < 1.29 is 4.42 Å². The maximum absolute atomic E-state index is 5.60. The molecule has 0 radical (unpaired) electrons. The summed E-state index contributed by atoms with van der Waals surface area (Å²) < 4.78 is 5.60. The summed E-state index contributed by atoms with van der Waals surface area (Å²) in [5.74, 6) is 1.33. The van der Waals surface area contributed by atoms with Gasteiger partial charge in [0.25, 0.3) is 0 Å². The third-order valence-electron chi connectivity index (χ3n) is 4.33. The molecule has 0 amide bonds. The maximum Gasteiger partial charge on any atom is 0.226 e. The van der Waals surface area contributed by atoms with E-state index in [1.54, 1.807) is 17.6 Å². The first kappa shape index (κ1) is 19.8. The fourth-order valence-corrected chi connectivity index (χ4v) is 3.69. The van der Waals surface area contributed by atoms with E-state index in [1.807, 2.05) is 55.5 Å². The summed E-state index contributed by atoms with van der Waals surface area (Å²) in [5.41, 5.74) is 3.86. The van der Waals surface area contributed by atoms with Crippen molar-refractivity contribution in [1.29, 1.82) is 0 Å². The molecule has 4 rings (SSSR count). The summed E-state index contributed by atoms with van der Waals surface area (Å²) >= 11 is 1.63. The first-order valence-corrected chi connectivity index (χ1v) is 10.7. The van der Waals surface area contributed by atoms with Crippen molar-refractivity contribution in [1.82, 2.24) is 20.6 Å². The molecule has 0 fully saturated rings. The molecule has 2 N–H and O–H groups in total. The molecule has 0 unspecified atom stereocenters. The molecule has 30 heavy (non-hydrogen) atoms. The second kappa shape index (κ2) is 9.84. The number of nitrogens with zero attached hydrogens (tertiary/aromatic N) is 3. The zero-order chi connectivity index (χ0) is 20.6. The van der Waals surface area contributed by atoms with E-state index in [-0.39, 0.29) is 0 Å². The SMILES string of the molecule is CCNC(=NCc1csc(-c2ccccc2)n1)NCc1coc(-c2ccccc2)n1. The lowest BCUT2D eigenvalue weighted by atomic mass is 10.2. The van der Waals surface area contributed by atoms with E-state index in [2.05, 4.69) is 38.1 Å². The smallest absolute Gasteiger partial charge is 0.226 e. The number of thiazole rings is 1. The normalized spacial score (nSPS) is 11.4. The second-order valence-corrected chi connectivity index (χ2v) is 7.43. The van der Waals surface area contributed by atoms with Crippen molar-refractivity contribution in [2.24, 2.45) is 4.99 Å². The number of benzene rings is 2. The van der Waals surface area contributed by atoms with Crippen LogP contribution in [0.3, 0.4) is 0 Å². The first-order valence-electron chi connectivity index (χ1n) is 9.83. The predicted octanol–water partition coefficient (Wildman–Crippen LogP) is 4.72. The van der Waals surface area contributed by atoms with E-state index in [0.717, 1.165) is 40.0 Å². The van der Waals surface area contributed by atoms with Crippen LogP contribution >= 0.6 is 11.3 Å². The molecule has 2 heterocycles. The van der Waals surface area contributed by atoms with Gasteiger partial charge in [-0.05, 0) is 19.1 Å². The van der Waals surface area contributed by atoms with Gasteiger partial charge in [0.2, 0.25) is 5.89 Å². The zero-order valence-electron chi connectivity index (χ0n) is 16.7. The van der Waals surface area contributed by atoms with Crippen molar-refractivity contribution in [3.8, 4) is 22.0 Å². The highest BCUT2D eigenvalue weighted by atomic mass is 32.1. The molecule has 0 aliphatic rings. The van der Waals surface area contributed by atoms with Crippen LogP contribution in [-0.4, -0.2) is 22.5 Å². The summed E-state index contributed by atoms with van der Waals surface area (Å²) in [6.07, 6.45) is 1.67. The highest BCUT2D eigenvalue weighted by molar-refractivity contribution is 7.13. The van der Waals surface area contributed by atoms with Gasteiger partial charge in [-0.1, -0.05) is 48.5 Å². The van der Waals surface area contributed by atoms with E-state index in [9.17, 15) is 0 Å². The topological polar surface area (TPSA) is 75.3 Å². The minimum atomic E-state index is 0.507. The third-order valence-corrected chi connectivity index (χ3v) is 5.27. The number of guanidine groups is 1. The highest BCUT2D eigenvalue weighted by Gasteiger charge is 2.08. The zero-order valence-corrected chi connectivity index (χ0v) is 17.5. The largest absolute Gasteiger partial charge is 0.444 e. The van der Waals surface area contributed by atoms with Crippen LogP contribution in [-0.2, 0) is 13.1 Å². The maximum atomic E-state index is 5.60. The summed E-state index contributed by atoms with van der Waals surface area (Å²) in [4.78, 5) is 13.9. The molecular weight excluding hydrogens is 394 g/mol. The molecule has 0 aliphatic carbocycles. The molecule has 0 aliphatic heterocycles. The number of aromatic nitrogens is 2. The molecule has 0 saturated heterocycles. The summed E-state index contributed by atoms with van der Waals surface area (Å²) in [5, 5.41) is 9.62. The van der Waals surface area contributed by atoms with Gasteiger partial charge >= 0.3 is 0 Å². The second-order valence-electron chi connectivity index (χ2n) is 6.57. The summed E-state index contributed by atoms with van der Waals surface area (Å²) in [7, 11) is 0. The summed E-state index contributed by atoms with van der Waals surface area (Å²) in [6, 6.07) is 20.1. The van der Waals surface area contributed by atoms with Gasteiger partial charge in [-0.25, -0.2) is 15.0 Å². The average Bonchev–Trinajstić information content (AvgIpc) is 3.47. The number of hydrogen-bond acceptors (Lipinski definition) is 5. The van der Waals surface area contributed by atoms with Crippen LogP contribution in [0.4, 0.5) is 0 Å². The quantitative estimate of drug-likeness (QED) is 0.336. The van der Waals surface area contributed by atoms with Gasteiger partial charge in [-0.2, -0.15) is 0 Å². The predicted molar refractivity (Wildman–Crippen MR) is 121 cm³/mol. The van der Waals surface area contributed by atoms with E-state index in [0.29, 0.717) is 19.0 Å². The minimum Gasteiger partial charge on any atom is -0.444 e. The van der Waals surface area contributed by atoms with Crippen molar-refractivity contribution in [2.45, 2.75) is 20.0 Å². The fraction of sp³-hybridized carbons (Fsp3) is 0.174.